The highest BCUT2D eigenvalue weighted by atomic mass is 15.2. The number of nitrogens with zero attached hydrogens (tertiary/aromatic N) is 1. The molecule has 0 aliphatic carbocycles. The topological polar surface area (TPSA) is 15.3 Å². The lowest BCUT2D eigenvalue weighted by Gasteiger charge is -2.43. The molecule has 1 N–H and O–H groups in total. The molecule has 1 aliphatic rings. The number of nitrogens with one attached hydrogen (secondary N) is 1. The first-order valence-electron chi connectivity index (χ1n) is 6.92. The maximum absolute atomic E-state index is 3.61. The van der Waals surface area contributed by atoms with Crippen molar-refractivity contribution >= 4 is 0 Å². The molecule has 1 aromatic carbocycles. The molecule has 0 radical (unpaired) electrons. The standard InChI is InChI=1S/C16H26N2/c1-12-6-7-13(2)15(8-12)10-18-11-16(4,5)17-9-14(18)3/h6-8,14,17H,9-11H2,1-5H3. The lowest BCUT2D eigenvalue weighted by Crippen LogP contribution is -2.60. The SMILES string of the molecule is Cc1ccc(C)c(CN2CC(C)(C)NCC2C)c1. The predicted molar refractivity (Wildman–Crippen MR) is 77.9 cm³/mol. The third-order valence-electron chi connectivity index (χ3n) is 3.98. The summed E-state index contributed by atoms with van der Waals surface area (Å²) < 4.78 is 0. The zero-order chi connectivity index (χ0) is 13.3. The van der Waals surface area contributed by atoms with Crippen LogP contribution < -0.4 is 5.32 Å². The Kier molecular flexibility index (Phi) is 3.79. The van der Waals surface area contributed by atoms with Crippen LogP contribution in [0.2, 0.25) is 0 Å². The average molecular weight is 246 g/mol. The van der Waals surface area contributed by atoms with Crippen LogP contribution in [-0.4, -0.2) is 29.6 Å². The molecular weight excluding hydrogens is 220 g/mol. The van der Waals surface area contributed by atoms with Crippen molar-refractivity contribution in [3.05, 3.63) is 34.9 Å². The van der Waals surface area contributed by atoms with E-state index in [4.69, 9.17) is 0 Å². The number of piperazine rings is 1. The van der Waals surface area contributed by atoms with Crippen molar-refractivity contribution < 1.29 is 0 Å². The van der Waals surface area contributed by atoms with Crippen molar-refractivity contribution in [2.75, 3.05) is 13.1 Å². The molecule has 1 aromatic rings. The van der Waals surface area contributed by atoms with E-state index in [1.165, 1.54) is 16.7 Å². The molecule has 0 amide bonds. The highest BCUT2D eigenvalue weighted by Gasteiger charge is 2.30. The molecule has 1 fully saturated rings. The van der Waals surface area contributed by atoms with E-state index in [0.29, 0.717) is 6.04 Å². The molecule has 100 valence electrons. The normalized spacial score (nSPS) is 24.2. The quantitative estimate of drug-likeness (QED) is 0.863. The molecule has 2 heteroatoms. The molecule has 0 aromatic heterocycles. The van der Waals surface area contributed by atoms with Crippen LogP contribution in [0.25, 0.3) is 0 Å². The molecule has 1 unspecified atom stereocenters. The first kappa shape index (κ1) is 13.6. The van der Waals surface area contributed by atoms with Crippen LogP contribution in [-0.2, 0) is 6.54 Å². The Balaban J connectivity index is 2.14. The van der Waals surface area contributed by atoms with Crippen molar-refractivity contribution in [3.63, 3.8) is 0 Å². The summed E-state index contributed by atoms with van der Waals surface area (Å²) in [6, 6.07) is 7.38. The summed E-state index contributed by atoms with van der Waals surface area (Å²) in [7, 11) is 0. The fourth-order valence-electron chi connectivity index (χ4n) is 2.67. The van der Waals surface area contributed by atoms with Crippen LogP contribution in [0.4, 0.5) is 0 Å². The van der Waals surface area contributed by atoms with E-state index >= 15 is 0 Å². The van der Waals surface area contributed by atoms with Gasteiger partial charge in [-0.25, -0.2) is 0 Å². The molecule has 18 heavy (non-hydrogen) atoms. The highest BCUT2D eigenvalue weighted by Crippen LogP contribution is 2.20. The maximum atomic E-state index is 3.61. The number of hydrogen-bond donors (Lipinski definition) is 1. The zero-order valence-electron chi connectivity index (χ0n) is 12.4. The van der Waals surface area contributed by atoms with Crippen LogP contribution >= 0.6 is 0 Å². The van der Waals surface area contributed by atoms with Gasteiger partial charge in [-0.3, -0.25) is 4.90 Å². The van der Waals surface area contributed by atoms with Crippen LogP contribution in [0, 0.1) is 13.8 Å². The Labute approximate surface area is 111 Å². The van der Waals surface area contributed by atoms with Gasteiger partial charge in [-0.15, -0.1) is 0 Å². The fraction of sp³-hybridized carbons (Fsp3) is 0.625. The van der Waals surface area contributed by atoms with Gasteiger partial charge < -0.3 is 5.32 Å². The Morgan fingerprint density at radius 3 is 2.78 bits per heavy atom. The summed E-state index contributed by atoms with van der Waals surface area (Å²) in [5, 5.41) is 3.61. The van der Waals surface area contributed by atoms with E-state index in [1.54, 1.807) is 0 Å². The van der Waals surface area contributed by atoms with E-state index in [1.807, 2.05) is 0 Å². The lowest BCUT2D eigenvalue weighted by molar-refractivity contribution is 0.0976. The van der Waals surface area contributed by atoms with Gasteiger partial charge >= 0.3 is 0 Å². The van der Waals surface area contributed by atoms with Gasteiger partial charge in [-0.2, -0.15) is 0 Å². The van der Waals surface area contributed by atoms with Gasteiger partial charge in [0.25, 0.3) is 0 Å². The first-order valence-corrected chi connectivity index (χ1v) is 6.92. The third-order valence-corrected chi connectivity index (χ3v) is 3.98. The van der Waals surface area contributed by atoms with Crippen LogP contribution in [0.15, 0.2) is 18.2 Å². The first-order chi connectivity index (χ1) is 8.37. The van der Waals surface area contributed by atoms with Crippen molar-refractivity contribution in [2.45, 2.75) is 52.7 Å². The Hall–Kier alpha value is -0.860. The van der Waals surface area contributed by atoms with E-state index in [0.717, 1.165) is 19.6 Å². The van der Waals surface area contributed by atoms with Gasteiger partial charge in [0, 0.05) is 31.2 Å². The molecule has 1 atom stereocenters. The number of benzene rings is 1. The monoisotopic (exact) mass is 246 g/mol. The summed E-state index contributed by atoms with van der Waals surface area (Å²) in [5.74, 6) is 0. The minimum absolute atomic E-state index is 0.226. The van der Waals surface area contributed by atoms with Gasteiger partial charge in [0.05, 0.1) is 0 Å². The number of rotatable bonds is 2. The van der Waals surface area contributed by atoms with Gasteiger partial charge in [-0.1, -0.05) is 23.8 Å². The maximum Gasteiger partial charge on any atom is 0.0253 e. The lowest BCUT2D eigenvalue weighted by atomic mass is 9.97. The van der Waals surface area contributed by atoms with Crippen molar-refractivity contribution in [3.8, 4) is 0 Å². The van der Waals surface area contributed by atoms with Crippen LogP contribution in [0.5, 0.6) is 0 Å². The summed E-state index contributed by atoms with van der Waals surface area (Å²) in [6.07, 6.45) is 0. The molecule has 2 rings (SSSR count). The summed E-state index contributed by atoms with van der Waals surface area (Å²) in [5.41, 5.74) is 4.46. The number of aryl methyl sites for hydroxylation is 2. The summed E-state index contributed by atoms with van der Waals surface area (Å²) >= 11 is 0. The minimum atomic E-state index is 0.226. The fourth-order valence-corrected chi connectivity index (χ4v) is 2.67. The van der Waals surface area contributed by atoms with Crippen LogP contribution in [0.3, 0.4) is 0 Å². The minimum Gasteiger partial charge on any atom is -0.309 e. The summed E-state index contributed by atoms with van der Waals surface area (Å²) in [6.45, 7) is 14.5. The second-order valence-corrected chi connectivity index (χ2v) is 6.45. The summed E-state index contributed by atoms with van der Waals surface area (Å²) in [4.78, 5) is 2.60. The molecule has 1 saturated heterocycles. The Morgan fingerprint density at radius 1 is 1.33 bits per heavy atom. The largest absolute Gasteiger partial charge is 0.309 e. The molecule has 1 heterocycles. The number of hydrogen-bond acceptors (Lipinski definition) is 2. The molecular formula is C16H26N2. The predicted octanol–water partition coefficient (Wildman–Crippen LogP) is 2.88. The highest BCUT2D eigenvalue weighted by molar-refractivity contribution is 5.30. The Morgan fingerprint density at radius 2 is 2.06 bits per heavy atom. The molecule has 1 aliphatic heterocycles. The average Bonchev–Trinajstić information content (AvgIpc) is 2.28. The van der Waals surface area contributed by atoms with Gasteiger partial charge in [0.2, 0.25) is 0 Å². The third kappa shape index (κ3) is 3.12. The van der Waals surface area contributed by atoms with Gasteiger partial charge in [-0.05, 0) is 45.7 Å². The molecule has 0 bridgehead atoms. The second kappa shape index (κ2) is 5.02. The molecule has 2 nitrogen and oxygen atoms in total. The van der Waals surface area contributed by atoms with E-state index in [9.17, 15) is 0 Å². The van der Waals surface area contributed by atoms with Crippen molar-refractivity contribution in [2.24, 2.45) is 0 Å². The molecule has 0 saturated carbocycles. The van der Waals surface area contributed by atoms with E-state index in [2.05, 4.69) is 63.0 Å². The van der Waals surface area contributed by atoms with Crippen LogP contribution in [0.1, 0.15) is 37.5 Å². The second-order valence-electron chi connectivity index (χ2n) is 6.45. The van der Waals surface area contributed by atoms with E-state index in [-0.39, 0.29) is 5.54 Å². The Bertz CT molecular complexity index is 423. The van der Waals surface area contributed by atoms with Crippen molar-refractivity contribution in [1.82, 2.24) is 10.2 Å². The van der Waals surface area contributed by atoms with Gasteiger partial charge in [0.1, 0.15) is 0 Å². The smallest absolute Gasteiger partial charge is 0.0253 e. The molecule has 0 spiro atoms. The van der Waals surface area contributed by atoms with Crippen molar-refractivity contribution in [1.29, 1.82) is 0 Å². The zero-order valence-corrected chi connectivity index (χ0v) is 12.4. The van der Waals surface area contributed by atoms with Gasteiger partial charge in [0.15, 0.2) is 0 Å². The van der Waals surface area contributed by atoms with E-state index < -0.39 is 0 Å².